The van der Waals surface area contributed by atoms with Gasteiger partial charge in [-0.15, -0.1) is 11.3 Å². The minimum absolute atomic E-state index is 0.00508. The number of likely N-dealkylation sites (tertiary alicyclic amines) is 1. The number of carbonyl (C=O) groups excluding carboxylic acids is 2. The molecule has 3 heterocycles. The van der Waals surface area contributed by atoms with E-state index in [2.05, 4.69) is 47.2 Å². The molecule has 1 fully saturated rings. The number of benzene rings is 1. The molecular formula is C23H26N2O3S. The third-order valence-corrected chi connectivity index (χ3v) is 6.38. The molecule has 6 heteroatoms. The van der Waals surface area contributed by atoms with E-state index in [1.807, 2.05) is 17.9 Å². The summed E-state index contributed by atoms with van der Waals surface area (Å²) in [6.45, 7) is 6.02. The topological polar surface area (TPSA) is 51.5 Å². The number of hydrogen-bond acceptors (Lipinski definition) is 4. The van der Waals surface area contributed by atoms with Crippen LogP contribution in [0.1, 0.15) is 41.4 Å². The van der Waals surface area contributed by atoms with Gasteiger partial charge in [0.05, 0.1) is 22.7 Å². The molecule has 2 aromatic heterocycles. The van der Waals surface area contributed by atoms with Crippen LogP contribution < -0.4 is 0 Å². The van der Waals surface area contributed by atoms with Gasteiger partial charge in [-0.05, 0) is 49.8 Å². The first-order chi connectivity index (χ1) is 14.1. The van der Waals surface area contributed by atoms with Gasteiger partial charge in [0.25, 0.3) is 5.91 Å². The van der Waals surface area contributed by atoms with Crippen molar-refractivity contribution in [2.45, 2.75) is 33.2 Å². The second-order valence-electron chi connectivity index (χ2n) is 7.61. The first kappa shape index (κ1) is 19.7. The minimum Gasteiger partial charge on any atom is -0.466 e. The molecule has 1 atom stereocenters. The lowest BCUT2D eigenvalue weighted by Gasteiger charge is -2.31. The second-order valence-corrected chi connectivity index (χ2v) is 8.56. The highest BCUT2D eigenvalue weighted by Gasteiger charge is 2.31. The summed E-state index contributed by atoms with van der Waals surface area (Å²) in [5.41, 5.74) is 4.16. The number of ether oxygens (including phenoxy) is 1. The fourth-order valence-electron chi connectivity index (χ4n) is 3.98. The number of fused-ring (bicyclic) bond motifs is 1. The van der Waals surface area contributed by atoms with E-state index in [1.165, 1.54) is 5.56 Å². The van der Waals surface area contributed by atoms with E-state index >= 15 is 0 Å². The van der Waals surface area contributed by atoms with Crippen molar-refractivity contribution in [3.05, 3.63) is 58.6 Å². The predicted molar refractivity (Wildman–Crippen MR) is 115 cm³/mol. The molecular weight excluding hydrogens is 384 g/mol. The van der Waals surface area contributed by atoms with Gasteiger partial charge in [-0.25, -0.2) is 0 Å². The van der Waals surface area contributed by atoms with Crippen LogP contribution in [-0.4, -0.2) is 41.0 Å². The summed E-state index contributed by atoms with van der Waals surface area (Å²) in [6, 6.07) is 12.5. The summed E-state index contributed by atoms with van der Waals surface area (Å²) in [5.74, 6) is -0.426. The normalized spacial score (nSPS) is 16.9. The number of thiophene rings is 1. The number of carbonyl (C=O) groups is 2. The zero-order chi connectivity index (χ0) is 20.4. The predicted octanol–water partition coefficient (Wildman–Crippen LogP) is 4.47. The molecule has 1 saturated heterocycles. The van der Waals surface area contributed by atoms with E-state index in [-0.39, 0.29) is 17.8 Å². The molecule has 0 saturated carbocycles. The maximum absolute atomic E-state index is 13.4. The molecule has 4 rings (SSSR count). The maximum atomic E-state index is 13.4. The number of aromatic nitrogens is 1. The Labute approximate surface area is 174 Å². The van der Waals surface area contributed by atoms with E-state index in [0.717, 1.165) is 28.6 Å². The third kappa shape index (κ3) is 4.08. The Morgan fingerprint density at radius 1 is 1.21 bits per heavy atom. The quantitative estimate of drug-likeness (QED) is 0.583. The number of rotatable bonds is 5. The van der Waals surface area contributed by atoms with Crippen molar-refractivity contribution in [3.8, 4) is 0 Å². The summed E-state index contributed by atoms with van der Waals surface area (Å²) < 4.78 is 8.40. The van der Waals surface area contributed by atoms with Gasteiger partial charge >= 0.3 is 5.97 Å². The average molecular weight is 411 g/mol. The summed E-state index contributed by atoms with van der Waals surface area (Å²) >= 11 is 1.65. The van der Waals surface area contributed by atoms with Crippen LogP contribution in [0.15, 0.2) is 41.8 Å². The van der Waals surface area contributed by atoms with Crippen LogP contribution in [0.4, 0.5) is 0 Å². The highest BCUT2D eigenvalue weighted by Crippen LogP contribution is 2.28. The van der Waals surface area contributed by atoms with Crippen molar-refractivity contribution in [2.75, 3.05) is 19.7 Å². The van der Waals surface area contributed by atoms with Crippen molar-refractivity contribution >= 4 is 33.4 Å². The Hall–Kier alpha value is -2.60. The van der Waals surface area contributed by atoms with Gasteiger partial charge in [0.2, 0.25) is 0 Å². The molecule has 5 nitrogen and oxygen atoms in total. The zero-order valence-corrected chi connectivity index (χ0v) is 17.7. The summed E-state index contributed by atoms with van der Waals surface area (Å²) in [4.78, 5) is 27.4. The average Bonchev–Trinajstić information content (AvgIpc) is 3.32. The van der Waals surface area contributed by atoms with Gasteiger partial charge in [-0.1, -0.05) is 29.8 Å². The highest BCUT2D eigenvalue weighted by atomic mass is 32.1. The fourth-order valence-corrected chi connectivity index (χ4v) is 4.80. The minimum atomic E-state index is -0.228. The first-order valence-electron chi connectivity index (χ1n) is 10.1. The standard InChI is InChI=1S/C23H26N2O3S/c1-3-28-23(27)18-5-4-11-24(15-18)22(26)20-13-21-19(10-12-29-21)25(20)14-17-8-6-16(2)7-9-17/h6-10,12-13,18H,3-5,11,14-15H2,1-2H3/t18-/m1/s1. The van der Waals surface area contributed by atoms with E-state index in [4.69, 9.17) is 4.74 Å². The van der Waals surface area contributed by atoms with E-state index in [1.54, 1.807) is 11.3 Å². The molecule has 0 unspecified atom stereocenters. The number of hydrogen-bond donors (Lipinski definition) is 0. The van der Waals surface area contributed by atoms with Crippen LogP contribution in [0.5, 0.6) is 0 Å². The smallest absolute Gasteiger partial charge is 0.310 e. The summed E-state index contributed by atoms with van der Waals surface area (Å²) in [7, 11) is 0. The van der Waals surface area contributed by atoms with E-state index in [9.17, 15) is 9.59 Å². The van der Waals surface area contributed by atoms with Crippen molar-refractivity contribution in [2.24, 2.45) is 5.92 Å². The Morgan fingerprint density at radius 3 is 2.76 bits per heavy atom. The number of piperidine rings is 1. The molecule has 0 radical (unpaired) electrons. The van der Waals surface area contributed by atoms with Crippen LogP contribution >= 0.6 is 11.3 Å². The lowest BCUT2D eigenvalue weighted by molar-refractivity contribution is -0.149. The van der Waals surface area contributed by atoms with E-state index < -0.39 is 0 Å². The van der Waals surface area contributed by atoms with Gasteiger partial charge in [0.1, 0.15) is 5.69 Å². The van der Waals surface area contributed by atoms with E-state index in [0.29, 0.717) is 31.9 Å². The highest BCUT2D eigenvalue weighted by molar-refractivity contribution is 7.17. The monoisotopic (exact) mass is 410 g/mol. The molecule has 0 spiro atoms. The van der Waals surface area contributed by atoms with Crippen LogP contribution in [0.2, 0.25) is 0 Å². The Balaban J connectivity index is 1.61. The Morgan fingerprint density at radius 2 is 2.00 bits per heavy atom. The molecule has 3 aromatic rings. The second kappa shape index (κ2) is 8.41. The first-order valence-corrected chi connectivity index (χ1v) is 11.0. The molecule has 152 valence electrons. The van der Waals surface area contributed by atoms with Crippen LogP contribution in [0, 0.1) is 12.8 Å². The van der Waals surface area contributed by atoms with Crippen molar-refractivity contribution in [1.82, 2.24) is 9.47 Å². The molecule has 0 bridgehead atoms. The van der Waals surface area contributed by atoms with Gasteiger partial charge in [-0.2, -0.15) is 0 Å². The van der Waals surface area contributed by atoms with Crippen molar-refractivity contribution in [1.29, 1.82) is 0 Å². The Bertz CT molecular complexity index is 1020. The van der Waals surface area contributed by atoms with Gasteiger partial charge in [0, 0.05) is 19.6 Å². The summed E-state index contributed by atoms with van der Waals surface area (Å²) in [6.07, 6.45) is 1.60. The molecule has 0 aliphatic carbocycles. The third-order valence-electron chi connectivity index (χ3n) is 5.53. The number of esters is 1. The molecule has 1 aromatic carbocycles. The molecule has 1 aliphatic heterocycles. The lowest BCUT2D eigenvalue weighted by Crippen LogP contribution is -2.43. The van der Waals surface area contributed by atoms with Crippen molar-refractivity contribution < 1.29 is 14.3 Å². The lowest BCUT2D eigenvalue weighted by atomic mass is 9.98. The fraction of sp³-hybridized carbons (Fsp3) is 0.391. The molecule has 0 N–H and O–H groups in total. The van der Waals surface area contributed by atoms with Crippen LogP contribution in [0.3, 0.4) is 0 Å². The van der Waals surface area contributed by atoms with Gasteiger partial charge < -0.3 is 14.2 Å². The van der Waals surface area contributed by atoms with Crippen LogP contribution in [0.25, 0.3) is 10.2 Å². The molecule has 1 amide bonds. The number of amides is 1. The number of nitrogens with zero attached hydrogens (tertiary/aromatic N) is 2. The SMILES string of the molecule is CCOC(=O)[C@@H]1CCCN(C(=O)c2cc3sccc3n2Cc2ccc(C)cc2)C1. The Kier molecular flexibility index (Phi) is 5.72. The van der Waals surface area contributed by atoms with Gasteiger partial charge in [0.15, 0.2) is 0 Å². The van der Waals surface area contributed by atoms with Gasteiger partial charge in [-0.3, -0.25) is 9.59 Å². The molecule has 1 aliphatic rings. The maximum Gasteiger partial charge on any atom is 0.310 e. The zero-order valence-electron chi connectivity index (χ0n) is 16.9. The molecule has 29 heavy (non-hydrogen) atoms. The summed E-state index contributed by atoms with van der Waals surface area (Å²) in [5, 5.41) is 2.06. The van der Waals surface area contributed by atoms with Crippen molar-refractivity contribution in [3.63, 3.8) is 0 Å². The number of aryl methyl sites for hydroxylation is 1. The van der Waals surface area contributed by atoms with Crippen LogP contribution in [-0.2, 0) is 16.1 Å². The largest absolute Gasteiger partial charge is 0.466 e.